The molecule has 0 saturated heterocycles. The van der Waals surface area contributed by atoms with Gasteiger partial charge in [0.05, 0.1) is 4.83 Å². The Morgan fingerprint density at radius 3 is 3.30 bits per heavy atom. The van der Waals surface area contributed by atoms with Gasteiger partial charge in [0, 0.05) is 6.54 Å². The van der Waals surface area contributed by atoms with Gasteiger partial charge in [-0.2, -0.15) is 0 Å². The summed E-state index contributed by atoms with van der Waals surface area (Å²) in [5, 5.41) is 11.3. The Hall–Kier alpha value is -0.450. The first kappa shape index (κ1) is 6.27. The minimum Gasteiger partial charge on any atom is -0.228 e. The molecule has 0 saturated carbocycles. The van der Waals surface area contributed by atoms with E-state index in [1.807, 2.05) is 4.68 Å². The van der Waals surface area contributed by atoms with Crippen molar-refractivity contribution in [3.8, 4) is 0 Å². The summed E-state index contributed by atoms with van der Waals surface area (Å²) in [5.41, 5.74) is 0. The van der Waals surface area contributed by atoms with Crippen LogP contribution in [0.3, 0.4) is 0 Å². The largest absolute Gasteiger partial charge is 0.228 e. The van der Waals surface area contributed by atoms with Gasteiger partial charge in [-0.15, -0.1) is 5.10 Å². The van der Waals surface area contributed by atoms with E-state index >= 15 is 0 Å². The van der Waals surface area contributed by atoms with Crippen molar-refractivity contribution in [1.82, 2.24) is 20.2 Å². The van der Waals surface area contributed by atoms with Gasteiger partial charge in [0.1, 0.15) is 0 Å². The molecule has 2 heterocycles. The number of halogens is 1. The average Bonchev–Trinajstić information content (AvgIpc) is 2.36. The Morgan fingerprint density at radius 2 is 2.50 bits per heavy atom. The van der Waals surface area contributed by atoms with Crippen molar-refractivity contribution in [3.05, 3.63) is 5.82 Å². The van der Waals surface area contributed by atoms with Crippen molar-refractivity contribution in [2.45, 2.75) is 24.2 Å². The molecule has 0 N–H and O–H groups in total. The molecule has 4 nitrogen and oxygen atoms in total. The fourth-order valence-electron chi connectivity index (χ4n) is 1.14. The van der Waals surface area contributed by atoms with Gasteiger partial charge in [0.2, 0.25) is 0 Å². The molecule has 1 aromatic rings. The van der Waals surface area contributed by atoms with Crippen molar-refractivity contribution in [2.75, 3.05) is 0 Å². The topological polar surface area (TPSA) is 43.6 Å². The van der Waals surface area contributed by atoms with Crippen LogP contribution in [-0.4, -0.2) is 20.2 Å². The van der Waals surface area contributed by atoms with Crippen LogP contribution in [0.5, 0.6) is 0 Å². The van der Waals surface area contributed by atoms with E-state index in [2.05, 4.69) is 31.5 Å². The molecule has 1 atom stereocenters. The zero-order valence-corrected chi connectivity index (χ0v) is 6.95. The second-order valence-electron chi connectivity index (χ2n) is 2.37. The minimum atomic E-state index is 0.358. The van der Waals surface area contributed by atoms with Crippen molar-refractivity contribution >= 4 is 15.9 Å². The lowest BCUT2D eigenvalue weighted by molar-refractivity contribution is 0.472. The van der Waals surface area contributed by atoms with Gasteiger partial charge < -0.3 is 0 Å². The summed E-state index contributed by atoms with van der Waals surface area (Å²) in [6, 6.07) is 0. The molecule has 54 valence electrons. The van der Waals surface area contributed by atoms with E-state index in [-0.39, 0.29) is 0 Å². The maximum Gasteiger partial charge on any atom is 0.164 e. The molecule has 1 aromatic heterocycles. The SMILES string of the molecule is BrC1CCCn2nnnc21. The molecule has 10 heavy (non-hydrogen) atoms. The Kier molecular flexibility index (Phi) is 1.44. The lowest BCUT2D eigenvalue weighted by atomic mass is 10.2. The summed E-state index contributed by atoms with van der Waals surface area (Å²) >= 11 is 3.50. The van der Waals surface area contributed by atoms with E-state index in [0.29, 0.717) is 4.83 Å². The van der Waals surface area contributed by atoms with Crippen LogP contribution in [0.25, 0.3) is 0 Å². The summed E-state index contributed by atoms with van der Waals surface area (Å²) in [6.45, 7) is 0.963. The molecule has 0 amide bonds. The van der Waals surface area contributed by atoms with Gasteiger partial charge in [0.25, 0.3) is 0 Å². The van der Waals surface area contributed by atoms with Crippen LogP contribution in [0.1, 0.15) is 23.5 Å². The summed E-state index contributed by atoms with van der Waals surface area (Å²) in [4.78, 5) is 0.358. The molecule has 0 bridgehead atoms. The number of aromatic nitrogens is 4. The summed E-state index contributed by atoms with van der Waals surface area (Å²) in [7, 11) is 0. The highest BCUT2D eigenvalue weighted by Crippen LogP contribution is 2.29. The van der Waals surface area contributed by atoms with Gasteiger partial charge in [-0.25, -0.2) is 4.68 Å². The third kappa shape index (κ3) is 0.847. The highest BCUT2D eigenvalue weighted by Gasteiger charge is 2.19. The molecule has 1 unspecified atom stereocenters. The smallest absolute Gasteiger partial charge is 0.164 e. The molecule has 0 aromatic carbocycles. The lowest BCUT2D eigenvalue weighted by Crippen LogP contribution is -2.13. The fourth-order valence-corrected chi connectivity index (χ4v) is 1.80. The first-order chi connectivity index (χ1) is 4.88. The summed E-state index contributed by atoms with van der Waals surface area (Å²) < 4.78 is 1.85. The van der Waals surface area contributed by atoms with Crippen molar-refractivity contribution in [1.29, 1.82) is 0 Å². The van der Waals surface area contributed by atoms with E-state index in [4.69, 9.17) is 0 Å². The van der Waals surface area contributed by atoms with Crippen molar-refractivity contribution < 1.29 is 0 Å². The highest BCUT2D eigenvalue weighted by molar-refractivity contribution is 9.09. The van der Waals surface area contributed by atoms with Crippen molar-refractivity contribution in [3.63, 3.8) is 0 Å². The third-order valence-electron chi connectivity index (χ3n) is 1.67. The van der Waals surface area contributed by atoms with Crippen LogP contribution in [0.4, 0.5) is 0 Å². The number of tetrazole rings is 1. The molecular formula is C5H7BrN4. The number of hydrogen-bond acceptors (Lipinski definition) is 3. The number of fused-ring (bicyclic) bond motifs is 1. The molecule has 0 spiro atoms. The quantitative estimate of drug-likeness (QED) is 0.588. The molecule has 0 radical (unpaired) electrons. The van der Waals surface area contributed by atoms with Crippen molar-refractivity contribution in [2.24, 2.45) is 0 Å². The molecular weight excluding hydrogens is 196 g/mol. The number of rotatable bonds is 0. The first-order valence-electron chi connectivity index (χ1n) is 3.28. The normalized spacial score (nSPS) is 24.3. The molecule has 0 fully saturated rings. The van der Waals surface area contributed by atoms with Gasteiger partial charge in [-0.05, 0) is 23.3 Å². The van der Waals surface area contributed by atoms with Crippen LogP contribution in [-0.2, 0) is 6.54 Å². The minimum absolute atomic E-state index is 0.358. The van der Waals surface area contributed by atoms with Gasteiger partial charge in [-0.3, -0.25) is 0 Å². The number of hydrogen-bond donors (Lipinski definition) is 0. The van der Waals surface area contributed by atoms with Crippen LogP contribution in [0.15, 0.2) is 0 Å². The monoisotopic (exact) mass is 202 g/mol. The van der Waals surface area contributed by atoms with E-state index < -0.39 is 0 Å². The Bertz CT molecular complexity index is 233. The second kappa shape index (κ2) is 2.30. The predicted molar refractivity (Wildman–Crippen MR) is 38.7 cm³/mol. The lowest BCUT2D eigenvalue weighted by Gasteiger charge is -2.14. The molecule has 0 aliphatic carbocycles. The maximum atomic E-state index is 3.89. The number of aryl methyl sites for hydroxylation is 1. The van der Waals surface area contributed by atoms with Crippen LogP contribution in [0, 0.1) is 0 Å². The van der Waals surface area contributed by atoms with Crippen LogP contribution >= 0.6 is 15.9 Å². The first-order valence-corrected chi connectivity index (χ1v) is 4.19. The maximum absolute atomic E-state index is 3.89. The van der Waals surface area contributed by atoms with E-state index in [1.54, 1.807) is 0 Å². The molecule has 1 aliphatic heterocycles. The van der Waals surface area contributed by atoms with E-state index in [0.717, 1.165) is 25.2 Å². The van der Waals surface area contributed by atoms with E-state index in [9.17, 15) is 0 Å². The number of alkyl halides is 1. The standard InChI is InChI=1S/C5H7BrN4/c6-4-2-1-3-10-5(4)7-8-9-10/h4H,1-3H2. The third-order valence-corrected chi connectivity index (χ3v) is 2.53. The van der Waals surface area contributed by atoms with Gasteiger partial charge >= 0.3 is 0 Å². The highest BCUT2D eigenvalue weighted by atomic mass is 79.9. The van der Waals surface area contributed by atoms with Crippen LogP contribution < -0.4 is 0 Å². The van der Waals surface area contributed by atoms with Crippen LogP contribution in [0.2, 0.25) is 0 Å². The molecule has 5 heteroatoms. The predicted octanol–water partition coefficient (Wildman–Crippen LogP) is 0.903. The zero-order valence-electron chi connectivity index (χ0n) is 5.37. The Labute approximate surface area is 66.7 Å². The fraction of sp³-hybridized carbons (Fsp3) is 0.800. The second-order valence-corrected chi connectivity index (χ2v) is 3.48. The molecule has 1 aliphatic rings. The number of nitrogens with zero attached hydrogens (tertiary/aromatic N) is 4. The summed E-state index contributed by atoms with van der Waals surface area (Å²) in [6.07, 6.45) is 2.30. The van der Waals surface area contributed by atoms with Gasteiger partial charge in [0.15, 0.2) is 5.82 Å². The Balaban J connectivity index is 2.41. The van der Waals surface area contributed by atoms with Gasteiger partial charge in [-0.1, -0.05) is 15.9 Å². The summed E-state index contributed by atoms with van der Waals surface area (Å²) in [5.74, 6) is 0.964. The molecule has 2 rings (SSSR count). The van der Waals surface area contributed by atoms with E-state index in [1.165, 1.54) is 0 Å². The average molecular weight is 203 g/mol. The Morgan fingerprint density at radius 1 is 1.60 bits per heavy atom. The zero-order chi connectivity index (χ0) is 6.97.